The van der Waals surface area contributed by atoms with E-state index in [-0.39, 0.29) is 11.8 Å². The molecule has 5 nitrogen and oxygen atoms in total. The van der Waals surface area contributed by atoms with Crippen LogP contribution in [0.5, 0.6) is 0 Å². The molecule has 0 unspecified atom stereocenters. The normalized spacial score (nSPS) is 8.29. The molecule has 0 spiro atoms. The molecule has 0 saturated carbocycles. The molecule has 0 radical (unpaired) electrons. The molecule has 0 rings (SSSR count). The fourth-order valence-electron chi connectivity index (χ4n) is 0.506. The molecule has 0 fully saturated rings. The summed E-state index contributed by atoms with van der Waals surface area (Å²) < 4.78 is 4.68. The third-order valence-corrected chi connectivity index (χ3v) is 1.28. The molecule has 2 N–H and O–H groups in total. The average molecular weight is 204 g/mol. The van der Waals surface area contributed by atoms with E-state index >= 15 is 0 Å². The van der Waals surface area contributed by atoms with E-state index in [1.807, 2.05) is 6.92 Å². The Hall–Kier alpha value is -1.10. The Morgan fingerprint density at radius 1 is 1.36 bits per heavy atom. The van der Waals surface area contributed by atoms with Gasteiger partial charge in [0.15, 0.2) is 0 Å². The number of rotatable bonds is 4. The maximum absolute atomic E-state index is 10.2. The van der Waals surface area contributed by atoms with Crippen molar-refractivity contribution in [1.29, 1.82) is 0 Å². The molecular formula is C9H20N2O3. The highest BCUT2D eigenvalue weighted by atomic mass is 16.5. The Kier molecular flexibility index (Phi) is 13.1. The first kappa shape index (κ1) is 15.4. The third kappa shape index (κ3) is 17.1. The third-order valence-electron chi connectivity index (χ3n) is 1.28. The average Bonchev–Trinajstić information content (AvgIpc) is 2.17. The molecule has 0 aromatic rings. The highest BCUT2D eigenvalue weighted by Crippen LogP contribution is 1.68. The molecule has 0 heterocycles. The van der Waals surface area contributed by atoms with Gasteiger partial charge >= 0.3 is 0 Å². The number of methoxy groups -OCH3 is 1. The Morgan fingerprint density at radius 3 is 2.14 bits per heavy atom. The van der Waals surface area contributed by atoms with E-state index in [0.717, 1.165) is 0 Å². The van der Waals surface area contributed by atoms with Gasteiger partial charge in [-0.3, -0.25) is 9.59 Å². The van der Waals surface area contributed by atoms with Crippen molar-refractivity contribution in [3.63, 3.8) is 0 Å². The van der Waals surface area contributed by atoms with Crippen LogP contribution >= 0.6 is 0 Å². The van der Waals surface area contributed by atoms with Gasteiger partial charge < -0.3 is 15.4 Å². The first-order valence-electron chi connectivity index (χ1n) is 4.52. The number of amides is 2. The van der Waals surface area contributed by atoms with Crippen LogP contribution in [0.4, 0.5) is 0 Å². The monoisotopic (exact) mass is 204 g/mol. The van der Waals surface area contributed by atoms with Gasteiger partial charge in [0.25, 0.3) is 0 Å². The summed E-state index contributed by atoms with van der Waals surface area (Å²) in [7, 11) is 3.23. The molecule has 14 heavy (non-hydrogen) atoms. The van der Waals surface area contributed by atoms with Crippen molar-refractivity contribution in [2.75, 3.05) is 27.3 Å². The molecular weight excluding hydrogens is 184 g/mol. The van der Waals surface area contributed by atoms with E-state index in [4.69, 9.17) is 0 Å². The van der Waals surface area contributed by atoms with Gasteiger partial charge in [-0.25, -0.2) is 0 Å². The fourth-order valence-corrected chi connectivity index (χ4v) is 0.506. The van der Waals surface area contributed by atoms with Gasteiger partial charge in [-0.2, -0.15) is 0 Å². The lowest BCUT2D eigenvalue weighted by Gasteiger charge is -1.97. The number of carbonyl (C=O) groups is 2. The van der Waals surface area contributed by atoms with Crippen LogP contribution in [0.15, 0.2) is 0 Å². The minimum atomic E-state index is -0.0120. The number of hydrogen-bond acceptors (Lipinski definition) is 3. The largest absolute Gasteiger partial charge is 0.383 e. The van der Waals surface area contributed by atoms with Crippen molar-refractivity contribution >= 4 is 11.8 Å². The van der Waals surface area contributed by atoms with E-state index in [2.05, 4.69) is 15.4 Å². The lowest BCUT2D eigenvalue weighted by molar-refractivity contribution is -0.120. The van der Waals surface area contributed by atoms with Crippen LogP contribution < -0.4 is 10.6 Å². The fraction of sp³-hybridized carbons (Fsp3) is 0.778. The summed E-state index contributed by atoms with van der Waals surface area (Å²) in [6.07, 6.45) is 0.580. The van der Waals surface area contributed by atoms with Gasteiger partial charge in [-0.1, -0.05) is 6.92 Å². The molecule has 5 heteroatoms. The van der Waals surface area contributed by atoms with Crippen LogP contribution in [-0.4, -0.2) is 39.1 Å². The van der Waals surface area contributed by atoms with Crippen molar-refractivity contribution < 1.29 is 14.3 Å². The van der Waals surface area contributed by atoms with Gasteiger partial charge in [0, 0.05) is 34.0 Å². The van der Waals surface area contributed by atoms with Crippen LogP contribution in [0.1, 0.15) is 20.3 Å². The van der Waals surface area contributed by atoms with Crippen LogP contribution in [0.2, 0.25) is 0 Å². The van der Waals surface area contributed by atoms with E-state index in [1.54, 1.807) is 14.2 Å². The highest BCUT2D eigenvalue weighted by molar-refractivity contribution is 5.75. The lowest BCUT2D eigenvalue weighted by atomic mass is 10.5. The van der Waals surface area contributed by atoms with Gasteiger partial charge in [0.05, 0.1) is 6.61 Å². The van der Waals surface area contributed by atoms with E-state index in [1.165, 1.54) is 6.92 Å². The second-order valence-electron chi connectivity index (χ2n) is 2.50. The van der Waals surface area contributed by atoms with Crippen LogP contribution in [0.3, 0.4) is 0 Å². The molecule has 0 aromatic carbocycles. The standard InChI is InChI=1S/C5H11NO2.C4H9NO/c1-5(7)6-3-4-8-2;1-3-4(6)5-2/h3-4H2,1-2H3,(H,6,7);3H2,1-2H3,(H,5,6). The Balaban J connectivity index is 0. The van der Waals surface area contributed by atoms with E-state index in [0.29, 0.717) is 19.6 Å². The molecule has 84 valence electrons. The van der Waals surface area contributed by atoms with Crippen LogP contribution in [0.25, 0.3) is 0 Å². The van der Waals surface area contributed by atoms with Gasteiger partial charge in [0.2, 0.25) is 11.8 Å². The summed E-state index contributed by atoms with van der Waals surface area (Å²) >= 11 is 0. The minimum Gasteiger partial charge on any atom is -0.383 e. The predicted octanol–water partition coefficient (Wildman–Crippen LogP) is -0.0887. The van der Waals surface area contributed by atoms with Crippen molar-refractivity contribution in [3.05, 3.63) is 0 Å². The lowest BCUT2D eigenvalue weighted by Crippen LogP contribution is -2.23. The zero-order chi connectivity index (χ0) is 11.4. The van der Waals surface area contributed by atoms with Crippen molar-refractivity contribution in [2.45, 2.75) is 20.3 Å². The second kappa shape index (κ2) is 11.9. The molecule has 0 bridgehead atoms. The summed E-state index contributed by atoms with van der Waals surface area (Å²) in [6, 6.07) is 0. The zero-order valence-corrected chi connectivity index (χ0v) is 9.35. The molecule has 0 aromatic heterocycles. The van der Waals surface area contributed by atoms with E-state index in [9.17, 15) is 9.59 Å². The maximum Gasteiger partial charge on any atom is 0.219 e. The summed E-state index contributed by atoms with van der Waals surface area (Å²) in [6.45, 7) is 4.49. The number of hydrogen-bond donors (Lipinski definition) is 2. The Labute approximate surface area is 85.2 Å². The number of nitrogens with one attached hydrogen (secondary N) is 2. The van der Waals surface area contributed by atoms with Gasteiger partial charge in [0.1, 0.15) is 0 Å². The van der Waals surface area contributed by atoms with Crippen molar-refractivity contribution in [1.82, 2.24) is 10.6 Å². The number of carbonyl (C=O) groups excluding carboxylic acids is 2. The molecule has 0 aliphatic carbocycles. The minimum absolute atomic E-state index is 0.0120. The Morgan fingerprint density at radius 2 is 1.93 bits per heavy atom. The SMILES string of the molecule is CCC(=O)NC.COCCNC(C)=O. The summed E-state index contributed by atoms with van der Waals surface area (Å²) in [5, 5.41) is 5.06. The maximum atomic E-state index is 10.2. The van der Waals surface area contributed by atoms with Gasteiger partial charge in [-0.05, 0) is 0 Å². The molecule has 0 saturated heterocycles. The van der Waals surface area contributed by atoms with Crippen molar-refractivity contribution in [3.8, 4) is 0 Å². The molecule has 0 aliphatic heterocycles. The molecule has 0 aliphatic rings. The smallest absolute Gasteiger partial charge is 0.219 e. The molecule has 0 atom stereocenters. The highest BCUT2D eigenvalue weighted by Gasteiger charge is 1.86. The topological polar surface area (TPSA) is 67.4 Å². The van der Waals surface area contributed by atoms with Crippen LogP contribution in [-0.2, 0) is 14.3 Å². The predicted molar refractivity (Wildman–Crippen MR) is 54.9 cm³/mol. The summed E-state index contributed by atoms with van der Waals surface area (Å²) in [4.78, 5) is 20.2. The second-order valence-corrected chi connectivity index (χ2v) is 2.50. The van der Waals surface area contributed by atoms with Crippen LogP contribution in [0, 0.1) is 0 Å². The quantitative estimate of drug-likeness (QED) is 0.629. The summed E-state index contributed by atoms with van der Waals surface area (Å²) in [5.41, 5.74) is 0. The van der Waals surface area contributed by atoms with Gasteiger partial charge in [-0.15, -0.1) is 0 Å². The molecule has 2 amide bonds. The van der Waals surface area contributed by atoms with E-state index < -0.39 is 0 Å². The first-order chi connectivity index (χ1) is 6.58. The Bertz CT molecular complexity index is 154. The van der Waals surface area contributed by atoms with Crippen molar-refractivity contribution in [2.24, 2.45) is 0 Å². The first-order valence-corrected chi connectivity index (χ1v) is 4.52. The zero-order valence-electron chi connectivity index (χ0n) is 9.35. The number of ether oxygens (including phenoxy) is 1. The summed E-state index contributed by atoms with van der Waals surface area (Å²) in [5.74, 6) is 0.0806.